The van der Waals surface area contributed by atoms with Crippen LogP contribution in [0.2, 0.25) is 0 Å². The van der Waals surface area contributed by atoms with Gasteiger partial charge >= 0.3 is 6.18 Å². The number of halogens is 3. The summed E-state index contributed by atoms with van der Waals surface area (Å²) in [6, 6.07) is 15.1. The number of nitrogens with zero attached hydrogens (tertiary/aromatic N) is 1. The van der Waals surface area contributed by atoms with E-state index in [4.69, 9.17) is 4.74 Å². The zero-order valence-electron chi connectivity index (χ0n) is 15.7. The first-order chi connectivity index (χ1) is 13.8. The van der Waals surface area contributed by atoms with Crippen molar-refractivity contribution in [2.75, 3.05) is 0 Å². The Morgan fingerprint density at radius 3 is 2.31 bits per heavy atom. The van der Waals surface area contributed by atoms with Gasteiger partial charge in [0.05, 0.1) is 23.9 Å². The molecule has 1 atom stereocenters. The van der Waals surface area contributed by atoms with Gasteiger partial charge in [0.15, 0.2) is 5.75 Å². The summed E-state index contributed by atoms with van der Waals surface area (Å²) in [7, 11) is 0. The smallest absolute Gasteiger partial charge is 0.416 e. The maximum atomic E-state index is 12.7. The summed E-state index contributed by atoms with van der Waals surface area (Å²) in [4.78, 5) is 12.2. The summed E-state index contributed by atoms with van der Waals surface area (Å²) in [6.45, 7) is 1.99. The molecule has 3 rings (SSSR count). The van der Waals surface area contributed by atoms with Gasteiger partial charge in [-0.05, 0) is 30.2 Å². The minimum atomic E-state index is -4.43. The predicted molar refractivity (Wildman–Crippen MR) is 103 cm³/mol. The van der Waals surface area contributed by atoms with Crippen LogP contribution in [0.1, 0.15) is 28.5 Å². The highest BCUT2D eigenvalue weighted by Gasteiger charge is 2.30. The fourth-order valence-electron chi connectivity index (χ4n) is 2.94. The SMILES string of the molecule is Cc1c(OCc2ccccc2)c(=O)ccn1C[C@H](O)c1ccc(C(F)(F)F)cc1. The van der Waals surface area contributed by atoms with E-state index >= 15 is 0 Å². The van der Waals surface area contributed by atoms with Crippen LogP contribution in [0.25, 0.3) is 0 Å². The molecule has 7 heteroatoms. The molecule has 0 aliphatic heterocycles. The van der Waals surface area contributed by atoms with E-state index in [2.05, 4.69) is 0 Å². The maximum Gasteiger partial charge on any atom is 0.416 e. The van der Waals surface area contributed by atoms with Gasteiger partial charge in [-0.3, -0.25) is 4.79 Å². The molecular formula is C22H20F3NO3. The van der Waals surface area contributed by atoms with Crippen LogP contribution in [-0.4, -0.2) is 9.67 Å². The molecule has 2 aromatic carbocycles. The van der Waals surface area contributed by atoms with Crippen molar-refractivity contribution in [3.63, 3.8) is 0 Å². The lowest BCUT2D eigenvalue weighted by Crippen LogP contribution is -2.17. The van der Waals surface area contributed by atoms with Crippen LogP contribution in [0.3, 0.4) is 0 Å². The Morgan fingerprint density at radius 1 is 1.03 bits per heavy atom. The summed E-state index contributed by atoms with van der Waals surface area (Å²) in [5.41, 5.74) is 0.733. The first-order valence-electron chi connectivity index (χ1n) is 8.97. The Bertz CT molecular complexity index is 1010. The van der Waals surface area contributed by atoms with Crippen molar-refractivity contribution in [3.8, 4) is 5.75 Å². The Balaban J connectivity index is 1.76. The Morgan fingerprint density at radius 2 is 1.69 bits per heavy atom. The molecule has 0 amide bonds. The van der Waals surface area contributed by atoms with Crippen molar-refractivity contribution in [1.82, 2.24) is 4.57 Å². The van der Waals surface area contributed by atoms with Crippen molar-refractivity contribution < 1.29 is 23.0 Å². The molecule has 3 aromatic rings. The van der Waals surface area contributed by atoms with Crippen LogP contribution in [0.4, 0.5) is 13.2 Å². The normalized spacial score (nSPS) is 12.6. The molecule has 0 saturated heterocycles. The topological polar surface area (TPSA) is 51.5 Å². The molecule has 0 unspecified atom stereocenters. The van der Waals surface area contributed by atoms with Gasteiger partial charge in [-0.2, -0.15) is 13.2 Å². The van der Waals surface area contributed by atoms with Gasteiger partial charge in [0.2, 0.25) is 5.43 Å². The number of hydrogen-bond donors (Lipinski definition) is 1. The Hall–Kier alpha value is -3.06. The van der Waals surface area contributed by atoms with Crippen LogP contribution in [0.15, 0.2) is 71.7 Å². The molecule has 29 heavy (non-hydrogen) atoms. The molecule has 0 radical (unpaired) electrons. The van der Waals surface area contributed by atoms with Crippen molar-refractivity contribution in [3.05, 3.63) is 99.5 Å². The number of hydrogen-bond acceptors (Lipinski definition) is 3. The number of benzene rings is 2. The van der Waals surface area contributed by atoms with Crippen molar-refractivity contribution in [2.45, 2.75) is 32.4 Å². The largest absolute Gasteiger partial charge is 0.483 e. The fourth-order valence-corrected chi connectivity index (χ4v) is 2.94. The standard InChI is InChI=1S/C22H20F3NO3/c1-15-21(29-14-16-5-3-2-4-6-16)19(27)11-12-26(15)13-20(28)17-7-9-18(10-8-17)22(23,24)25/h2-12,20,28H,13-14H2,1H3/t20-/m0/s1. The highest BCUT2D eigenvalue weighted by Crippen LogP contribution is 2.30. The van der Waals surface area contributed by atoms with E-state index in [0.717, 1.165) is 17.7 Å². The first-order valence-corrected chi connectivity index (χ1v) is 8.97. The van der Waals surface area contributed by atoms with E-state index in [9.17, 15) is 23.1 Å². The Labute approximate surface area is 165 Å². The van der Waals surface area contributed by atoms with E-state index < -0.39 is 17.8 Å². The quantitative estimate of drug-likeness (QED) is 0.660. The van der Waals surface area contributed by atoms with Crippen LogP contribution >= 0.6 is 0 Å². The van der Waals surface area contributed by atoms with E-state index in [1.54, 1.807) is 11.5 Å². The lowest BCUT2D eigenvalue weighted by molar-refractivity contribution is -0.137. The first kappa shape index (κ1) is 20.7. The minimum Gasteiger partial charge on any atom is -0.483 e. The number of aliphatic hydroxyl groups is 1. The maximum absolute atomic E-state index is 12.7. The van der Waals surface area contributed by atoms with Gasteiger partial charge in [-0.15, -0.1) is 0 Å². The highest BCUT2D eigenvalue weighted by molar-refractivity contribution is 5.29. The molecule has 1 N–H and O–H groups in total. The van der Waals surface area contributed by atoms with Crippen LogP contribution < -0.4 is 10.2 Å². The van der Waals surface area contributed by atoms with Gasteiger partial charge in [0.25, 0.3) is 0 Å². The number of pyridine rings is 1. The number of ether oxygens (including phenoxy) is 1. The third kappa shape index (κ3) is 5.06. The van der Waals surface area contributed by atoms with Crippen LogP contribution in [-0.2, 0) is 19.3 Å². The van der Waals surface area contributed by atoms with Gasteiger partial charge < -0.3 is 14.4 Å². The molecule has 0 saturated carbocycles. The number of alkyl halides is 3. The second-order valence-electron chi connectivity index (χ2n) is 6.66. The second-order valence-corrected chi connectivity index (χ2v) is 6.66. The lowest BCUT2D eigenvalue weighted by atomic mass is 10.1. The van der Waals surface area contributed by atoms with E-state index in [1.165, 1.54) is 24.4 Å². The molecule has 152 valence electrons. The fraction of sp³-hybridized carbons (Fsp3) is 0.227. The Kier molecular flexibility index (Phi) is 6.08. The zero-order valence-corrected chi connectivity index (χ0v) is 15.7. The van der Waals surface area contributed by atoms with Gasteiger partial charge in [0, 0.05) is 12.3 Å². The zero-order chi connectivity index (χ0) is 21.0. The monoisotopic (exact) mass is 403 g/mol. The minimum absolute atomic E-state index is 0.0686. The summed E-state index contributed by atoms with van der Waals surface area (Å²) in [5, 5.41) is 10.4. The average Bonchev–Trinajstić information content (AvgIpc) is 2.70. The molecule has 0 fully saturated rings. The third-order valence-electron chi connectivity index (χ3n) is 4.61. The molecule has 1 heterocycles. The molecule has 1 aromatic heterocycles. The van der Waals surface area contributed by atoms with E-state index in [1.807, 2.05) is 30.3 Å². The molecule has 0 spiro atoms. The van der Waals surface area contributed by atoms with E-state index in [0.29, 0.717) is 11.3 Å². The van der Waals surface area contributed by atoms with Crippen LogP contribution in [0.5, 0.6) is 5.75 Å². The van der Waals surface area contributed by atoms with Crippen molar-refractivity contribution in [1.29, 1.82) is 0 Å². The van der Waals surface area contributed by atoms with Gasteiger partial charge in [-0.1, -0.05) is 42.5 Å². The number of aliphatic hydroxyl groups excluding tert-OH is 1. The summed E-state index contributed by atoms with van der Waals surface area (Å²) < 4.78 is 45.4. The van der Waals surface area contributed by atoms with Crippen molar-refractivity contribution in [2.24, 2.45) is 0 Å². The summed E-state index contributed by atoms with van der Waals surface area (Å²) in [6.07, 6.45) is -3.94. The summed E-state index contributed by atoms with van der Waals surface area (Å²) >= 11 is 0. The molecule has 0 bridgehead atoms. The predicted octanol–water partition coefficient (Wildman–Crippen LogP) is 4.49. The second kappa shape index (κ2) is 8.53. The number of aromatic nitrogens is 1. The molecule has 4 nitrogen and oxygen atoms in total. The van der Waals surface area contributed by atoms with Crippen LogP contribution in [0, 0.1) is 6.92 Å². The van der Waals surface area contributed by atoms with E-state index in [-0.39, 0.29) is 24.3 Å². The summed E-state index contributed by atoms with van der Waals surface area (Å²) in [5.74, 6) is 0.177. The molecule has 0 aliphatic rings. The number of rotatable bonds is 6. The highest BCUT2D eigenvalue weighted by atomic mass is 19.4. The van der Waals surface area contributed by atoms with Gasteiger partial charge in [-0.25, -0.2) is 0 Å². The molecule has 0 aliphatic carbocycles. The van der Waals surface area contributed by atoms with Crippen molar-refractivity contribution >= 4 is 0 Å². The lowest BCUT2D eigenvalue weighted by Gasteiger charge is -2.18. The van der Waals surface area contributed by atoms with Gasteiger partial charge in [0.1, 0.15) is 6.61 Å². The third-order valence-corrected chi connectivity index (χ3v) is 4.61. The average molecular weight is 403 g/mol. The molecular weight excluding hydrogens is 383 g/mol.